The lowest BCUT2D eigenvalue weighted by Crippen LogP contribution is -2.42. The van der Waals surface area contributed by atoms with Crippen molar-refractivity contribution in [2.24, 2.45) is 0 Å². The van der Waals surface area contributed by atoms with E-state index in [9.17, 15) is 13.2 Å². The van der Waals surface area contributed by atoms with E-state index in [1.165, 1.54) is 6.20 Å². The molecule has 2 heterocycles. The van der Waals surface area contributed by atoms with Gasteiger partial charge in [0.15, 0.2) is 9.84 Å². The van der Waals surface area contributed by atoms with Gasteiger partial charge in [-0.1, -0.05) is 18.2 Å². The molecule has 8 heteroatoms. The van der Waals surface area contributed by atoms with Gasteiger partial charge < -0.3 is 14.2 Å². The summed E-state index contributed by atoms with van der Waals surface area (Å²) in [4.78, 5) is 14.2. The van der Waals surface area contributed by atoms with Crippen LogP contribution in [-0.2, 0) is 25.9 Å². The van der Waals surface area contributed by atoms with Crippen LogP contribution < -0.4 is 0 Å². The predicted molar refractivity (Wildman–Crippen MR) is 87.0 cm³/mol. The van der Waals surface area contributed by atoms with E-state index in [1.807, 2.05) is 0 Å². The summed E-state index contributed by atoms with van der Waals surface area (Å²) in [5.41, 5.74) is 0.663. The number of nitrogens with zero attached hydrogens (tertiary/aromatic N) is 3. The number of aromatic nitrogens is 1. The minimum atomic E-state index is -3.70. The van der Waals surface area contributed by atoms with Gasteiger partial charge in [-0.25, -0.2) is 8.42 Å². The first-order chi connectivity index (χ1) is 11.5. The molecule has 0 bridgehead atoms. The number of amides is 1. The van der Waals surface area contributed by atoms with Crippen molar-refractivity contribution in [1.29, 1.82) is 5.26 Å². The Hall–Kier alpha value is -2.37. The van der Waals surface area contributed by atoms with E-state index >= 15 is 0 Å². The predicted octanol–water partition coefficient (Wildman–Crippen LogP) is 0.797. The fraction of sp³-hybridized carbons (Fsp3) is 0.375. The van der Waals surface area contributed by atoms with Crippen molar-refractivity contribution in [3.8, 4) is 6.07 Å². The van der Waals surface area contributed by atoms with Crippen LogP contribution in [0.5, 0.6) is 0 Å². The second-order valence-electron chi connectivity index (χ2n) is 5.55. The number of benzene rings is 1. The highest BCUT2D eigenvalue weighted by Crippen LogP contribution is 2.26. The summed E-state index contributed by atoms with van der Waals surface area (Å²) in [7, 11) is -3.70. The van der Waals surface area contributed by atoms with Gasteiger partial charge in [0, 0.05) is 30.2 Å². The number of hydrogen-bond donors (Lipinski definition) is 0. The first-order valence-electron chi connectivity index (χ1n) is 7.56. The Morgan fingerprint density at radius 1 is 1.25 bits per heavy atom. The zero-order chi connectivity index (χ0) is 17.2. The highest BCUT2D eigenvalue weighted by molar-refractivity contribution is 7.91. The van der Waals surface area contributed by atoms with Crippen LogP contribution in [0.4, 0.5) is 0 Å². The Kier molecular flexibility index (Phi) is 4.55. The number of nitriles is 1. The second kappa shape index (κ2) is 6.63. The van der Waals surface area contributed by atoms with Crippen LogP contribution in [0.25, 0.3) is 10.9 Å². The Labute approximate surface area is 139 Å². The Morgan fingerprint density at radius 2 is 1.96 bits per heavy atom. The molecular weight excluding hydrogens is 330 g/mol. The van der Waals surface area contributed by atoms with Crippen LogP contribution in [0.2, 0.25) is 0 Å². The molecule has 1 aliphatic rings. The molecule has 3 rings (SSSR count). The molecular formula is C16H17N3O4S. The Bertz CT molecular complexity index is 905. The van der Waals surface area contributed by atoms with Crippen LogP contribution in [-0.4, -0.2) is 55.8 Å². The van der Waals surface area contributed by atoms with E-state index in [4.69, 9.17) is 10.00 Å². The number of morpholine rings is 1. The molecule has 1 aromatic carbocycles. The van der Waals surface area contributed by atoms with E-state index in [1.54, 1.807) is 39.8 Å². The first-order valence-corrected chi connectivity index (χ1v) is 9.21. The summed E-state index contributed by atoms with van der Waals surface area (Å²) < 4.78 is 31.5. The maximum atomic E-state index is 12.4. The summed E-state index contributed by atoms with van der Waals surface area (Å²) in [6, 6.07) is 8.68. The van der Waals surface area contributed by atoms with Gasteiger partial charge in [0.1, 0.15) is 12.3 Å². The van der Waals surface area contributed by atoms with Crippen LogP contribution in [0.3, 0.4) is 0 Å². The van der Waals surface area contributed by atoms with Crippen molar-refractivity contribution < 1.29 is 17.9 Å². The fourth-order valence-corrected chi connectivity index (χ4v) is 3.93. The number of rotatable bonds is 4. The molecule has 0 N–H and O–H groups in total. The summed E-state index contributed by atoms with van der Waals surface area (Å²) in [6.45, 7) is 2.16. The van der Waals surface area contributed by atoms with Crippen LogP contribution in [0.1, 0.15) is 0 Å². The van der Waals surface area contributed by atoms with Crippen molar-refractivity contribution in [2.45, 2.75) is 11.4 Å². The summed E-state index contributed by atoms with van der Waals surface area (Å²) in [5.74, 6) is -0.665. The molecule has 0 atom stereocenters. The monoisotopic (exact) mass is 347 g/mol. The van der Waals surface area contributed by atoms with Crippen molar-refractivity contribution in [2.75, 3.05) is 32.1 Å². The van der Waals surface area contributed by atoms with Gasteiger partial charge in [-0.3, -0.25) is 4.79 Å². The number of para-hydroxylation sites is 1. The maximum Gasteiger partial charge on any atom is 0.242 e. The van der Waals surface area contributed by atoms with Gasteiger partial charge in [0.05, 0.1) is 24.2 Å². The van der Waals surface area contributed by atoms with Crippen LogP contribution in [0.15, 0.2) is 35.4 Å². The van der Waals surface area contributed by atoms with Gasteiger partial charge >= 0.3 is 0 Å². The molecule has 0 radical (unpaired) electrons. The third kappa shape index (κ3) is 3.13. The Morgan fingerprint density at radius 3 is 2.67 bits per heavy atom. The van der Waals surface area contributed by atoms with Crippen LogP contribution in [0, 0.1) is 11.3 Å². The number of sulfone groups is 1. The summed E-state index contributed by atoms with van der Waals surface area (Å²) in [5, 5.41) is 9.28. The normalized spacial score (nSPS) is 15.4. The quantitative estimate of drug-likeness (QED) is 0.815. The molecule has 1 amide bonds. The third-order valence-electron chi connectivity index (χ3n) is 4.01. The number of carbonyl (C=O) groups excluding carboxylic acids is 1. The standard InChI is InChI=1S/C16H17N3O4S/c17-5-10-24(21,22)15-11-19(14-4-2-1-3-13(14)15)12-16(20)18-6-8-23-9-7-18/h1-4,11H,6-10,12H2. The molecule has 2 aromatic rings. The van der Waals surface area contributed by atoms with Gasteiger partial charge in [-0.15, -0.1) is 0 Å². The second-order valence-corrected chi connectivity index (χ2v) is 7.51. The minimum Gasteiger partial charge on any atom is -0.378 e. The molecule has 0 spiro atoms. The highest BCUT2D eigenvalue weighted by atomic mass is 32.2. The van der Waals surface area contributed by atoms with Gasteiger partial charge in [-0.2, -0.15) is 5.26 Å². The van der Waals surface area contributed by atoms with Gasteiger partial charge in [0.2, 0.25) is 5.91 Å². The average Bonchev–Trinajstić information content (AvgIpc) is 2.95. The lowest BCUT2D eigenvalue weighted by Gasteiger charge is -2.27. The van der Waals surface area contributed by atoms with E-state index in [-0.39, 0.29) is 17.3 Å². The molecule has 1 saturated heterocycles. The van der Waals surface area contributed by atoms with Crippen molar-refractivity contribution in [1.82, 2.24) is 9.47 Å². The molecule has 1 aromatic heterocycles. The number of ether oxygens (including phenoxy) is 1. The molecule has 24 heavy (non-hydrogen) atoms. The number of carbonyl (C=O) groups is 1. The minimum absolute atomic E-state index is 0.0581. The van der Waals surface area contributed by atoms with Gasteiger partial charge in [-0.05, 0) is 6.07 Å². The van der Waals surface area contributed by atoms with Crippen molar-refractivity contribution in [3.05, 3.63) is 30.5 Å². The molecule has 7 nitrogen and oxygen atoms in total. The van der Waals surface area contributed by atoms with Gasteiger partial charge in [0.25, 0.3) is 0 Å². The van der Waals surface area contributed by atoms with E-state index in [0.29, 0.717) is 37.2 Å². The van der Waals surface area contributed by atoms with E-state index < -0.39 is 15.6 Å². The van der Waals surface area contributed by atoms with Crippen molar-refractivity contribution in [3.63, 3.8) is 0 Å². The lowest BCUT2D eigenvalue weighted by molar-refractivity contribution is -0.135. The molecule has 0 saturated carbocycles. The summed E-state index contributed by atoms with van der Waals surface area (Å²) in [6.07, 6.45) is 1.45. The fourth-order valence-electron chi connectivity index (χ4n) is 2.81. The zero-order valence-electron chi connectivity index (χ0n) is 13.0. The molecule has 1 aliphatic heterocycles. The molecule has 0 unspecified atom stereocenters. The van der Waals surface area contributed by atoms with E-state index in [0.717, 1.165) is 0 Å². The number of fused-ring (bicyclic) bond motifs is 1. The van der Waals surface area contributed by atoms with Crippen molar-refractivity contribution >= 4 is 26.6 Å². The topological polar surface area (TPSA) is 92.4 Å². The van der Waals surface area contributed by atoms with Crippen LogP contribution >= 0.6 is 0 Å². The molecule has 1 fully saturated rings. The third-order valence-corrected chi connectivity index (χ3v) is 5.52. The number of hydrogen-bond acceptors (Lipinski definition) is 5. The highest BCUT2D eigenvalue weighted by Gasteiger charge is 2.23. The first kappa shape index (κ1) is 16.5. The average molecular weight is 347 g/mol. The summed E-state index contributed by atoms with van der Waals surface area (Å²) >= 11 is 0. The Balaban J connectivity index is 1.97. The largest absolute Gasteiger partial charge is 0.378 e. The zero-order valence-corrected chi connectivity index (χ0v) is 13.8. The molecule has 0 aliphatic carbocycles. The maximum absolute atomic E-state index is 12.4. The van der Waals surface area contributed by atoms with E-state index in [2.05, 4.69) is 0 Å². The smallest absolute Gasteiger partial charge is 0.242 e. The molecule has 126 valence electrons. The lowest BCUT2D eigenvalue weighted by atomic mass is 10.2. The SMILES string of the molecule is N#CCS(=O)(=O)c1cn(CC(=O)N2CCOCC2)c2ccccc12.